The third-order valence-electron chi connectivity index (χ3n) is 2.46. The van der Waals surface area contributed by atoms with E-state index in [4.69, 9.17) is 13.0 Å². The van der Waals surface area contributed by atoms with Crippen LogP contribution >= 0.6 is 0 Å². The van der Waals surface area contributed by atoms with Gasteiger partial charge in [0, 0.05) is 0 Å². The average molecular weight is 319 g/mol. The van der Waals surface area contributed by atoms with Gasteiger partial charge in [0.25, 0.3) is 0 Å². The Labute approximate surface area is 114 Å². The van der Waals surface area contributed by atoms with Crippen LogP contribution in [0.25, 0.3) is 0 Å². The Morgan fingerprint density at radius 3 is 2.21 bits per heavy atom. The van der Waals surface area contributed by atoms with Crippen LogP contribution in [0.15, 0.2) is 25.3 Å². The molecule has 0 saturated carbocycles. The molecule has 8 heteroatoms. The van der Waals surface area contributed by atoms with Crippen molar-refractivity contribution in [1.29, 1.82) is 0 Å². The molecule has 19 heavy (non-hydrogen) atoms. The fourth-order valence-electron chi connectivity index (χ4n) is 1.56. The zero-order valence-corrected chi connectivity index (χ0v) is 12.0. The molecule has 0 bridgehead atoms. The van der Waals surface area contributed by atoms with E-state index in [1.54, 1.807) is 0 Å². The van der Waals surface area contributed by atoms with Gasteiger partial charge in [0.15, 0.2) is 0 Å². The molecule has 1 aliphatic heterocycles. The number of alkyl halides is 3. The van der Waals surface area contributed by atoms with E-state index in [0.717, 1.165) is 5.25 Å². The van der Waals surface area contributed by atoms with Crippen molar-refractivity contribution < 1.29 is 26.1 Å². The SMILES string of the molecule is C=CC[S+]1CCCCC1C=C.O=S(=O)(O)C(F)(F)F. The molecular formula is C11H18F3O3S2+. The van der Waals surface area contributed by atoms with Gasteiger partial charge in [-0.2, -0.15) is 21.6 Å². The molecule has 1 heterocycles. The summed E-state index contributed by atoms with van der Waals surface area (Å²) in [6.07, 6.45) is 8.38. The molecule has 1 rings (SSSR count). The topological polar surface area (TPSA) is 54.4 Å². The minimum atomic E-state index is -5.84. The minimum Gasteiger partial charge on any atom is -0.279 e. The molecular weight excluding hydrogens is 301 g/mol. The Hall–Kier alpha value is -0.470. The highest BCUT2D eigenvalue weighted by molar-refractivity contribution is 7.97. The monoisotopic (exact) mass is 319 g/mol. The maximum absolute atomic E-state index is 10.7. The summed E-state index contributed by atoms with van der Waals surface area (Å²) >= 11 is 0. The molecule has 0 amide bonds. The Morgan fingerprint density at radius 1 is 1.32 bits per heavy atom. The van der Waals surface area contributed by atoms with Crippen molar-refractivity contribution in [2.24, 2.45) is 0 Å². The third-order valence-corrected chi connectivity index (χ3v) is 5.81. The van der Waals surface area contributed by atoms with E-state index in [1.807, 2.05) is 0 Å². The Bertz CT molecular complexity index is 390. The van der Waals surface area contributed by atoms with E-state index in [0.29, 0.717) is 10.9 Å². The zero-order chi connectivity index (χ0) is 15.1. The number of halogens is 3. The van der Waals surface area contributed by atoms with Crippen molar-refractivity contribution >= 4 is 21.0 Å². The molecule has 1 aliphatic rings. The zero-order valence-electron chi connectivity index (χ0n) is 10.4. The summed E-state index contributed by atoms with van der Waals surface area (Å²) in [5, 5.41) is 0.793. The van der Waals surface area contributed by atoms with E-state index in [9.17, 15) is 13.2 Å². The van der Waals surface area contributed by atoms with Crippen molar-refractivity contribution in [1.82, 2.24) is 0 Å². The lowest BCUT2D eigenvalue weighted by Gasteiger charge is -2.19. The largest absolute Gasteiger partial charge is 0.522 e. The number of rotatable bonds is 3. The highest BCUT2D eigenvalue weighted by atomic mass is 32.2. The van der Waals surface area contributed by atoms with Gasteiger partial charge in [-0.3, -0.25) is 4.55 Å². The second kappa shape index (κ2) is 7.96. The number of hydrogen-bond donors (Lipinski definition) is 1. The first-order chi connectivity index (χ1) is 8.63. The molecule has 112 valence electrons. The van der Waals surface area contributed by atoms with Crippen LogP contribution < -0.4 is 0 Å². The van der Waals surface area contributed by atoms with Crippen LogP contribution in [0.5, 0.6) is 0 Å². The van der Waals surface area contributed by atoms with Gasteiger partial charge in [0.05, 0.1) is 0 Å². The van der Waals surface area contributed by atoms with Crippen LogP contribution in [-0.2, 0) is 21.0 Å². The maximum Gasteiger partial charge on any atom is 0.522 e. The van der Waals surface area contributed by atoms with Gasteiger partial charge >= 0.3 is 15.6 Å². The van der Waals surface area contributed by atoms with Gasteiger partial charge in [-0.1, -0.05) is 13.2 Å². The van der Waals surface area contributed by atoms with Crippen LogP contribution in [0.3, 0.4) is 0 Å². The van der Waals surface area contributed by atoms with Gasteiger partial charge in [-0.05, 0) is 42.3 Å². The molecule has 0 spiro atoms. The lowest BCUT2D eigenvalue weighted by atomic mass is 10.2. The van der Waals surface area contributed by atoms with E-state index >= 15 is 0 Å². The summed E-state index contributed by atoms with van der Waals surface area (Å²) in [6.45, 7) is 7.69. The molecule has 1 fully saturated rings. The molecule has 0 aromatic rings. The van der Waals surface area contributed by atoms with E-state index in [1.165, 1.54) is 30.8 Å². The van der Waals surface area contributed by atoms with Crippen molar-refractivity contribution in [2.45, 2.75) is 30.0 Å². The molecule has 1 saturated heterocycles. The molecule has 3 nitrogen and oxygen atoms in total. The van der Waals surface area contributed by atoms with Crippen LogP contribution in [0.1, 0.15) is 19.3 Å². The normalized spacial score (nSPS) is 24.0. The van der Waals surface area contributed by atoms with Gasteiger partial charge in [-0.15, -0.1) is 0 Å². The van der Waals surface area contributed by atoms with Crippen molar-refractivity contribution in [2.75, 3.05) is 11.5 Å². The van der Waals surface area contributed by atoms with Gasteiger partial charge in [0.2, 0.25) is 0 Å². The fourth-order valence-corrected chi connectivity index (χ4v) is 3.93. The molecule has 0 radical (unpaired) electrons. The van der Waals surface area contributed by atoms with Crippen LogP contribution in [0.2, 0.25) is 0 Å². The first kappa shape index (κ1) is 18.5. The standard InChI is InChI=1S/C10H17S.CHF3O3S/c1-3-8-11-9-6-5-7-10(11)4-2;2-1(3,4)8(5,6)7/h3-4,10H,1-2,5-9H2;(H,5,6,7)/q+1;. The summed E-state index contributed by atoms with van der Waals surface area (Å²) in [4.78, 5) is 0. The summed E-state index contributed by atoms with van der Waals surface area (Å²) in [5.74, 6) is 2.61. The quantitative estimate of drug-likeness (QED) is 0.377. The first-order valence-electron chi connectivity index (χ1n) is 5.57. The van der Waals surface area contributed by atoms with Crippen molar-refractivity contribution in [3.8, 4) is 0 Å². The van der Waals surface area contributed by atoms with E-state index in [-0.39, 0.29) is 0 Å². The van der Waals surface area contributed by atoms with Crippen LogP contribution in [0, 0.1) is 0 Å². The van der Waals surface area contributed by atoms with Gasteiger partial charge in [-0.25, -0.2) is 0 Å². The lowest BCUT2D eigenvalue weighted by molar-refractivity contribution is -0.0510. The number of hydrogen-bond acceptors (Lipinski definition) is 2. The van der Waals surface area contributed by atoms with Crippen LogP contribution in [-0.4, -0.2) is 35.2 Å². The highest BCUT2D eigenvalue weighted by Crippen LogP contribution is 2.22. The molecule has 0 aliphatic carbocycles. The smallest absolute Gasteiger partial charge is 0.279 e. The maximum atomic E-state index is 10.7. The predicted molar refractivity (Wildman–Crippen MR) is 72.7 cm³/mol. The Kier molecular flexibility index (Phi) is 7.76. The van der Waals surface area contributed by atoms with Crippen LogP contribution in [0.4, 0.5) is 13.2 Å². The molecule has 2 atom stereocenters. The summed E-state index contributed by atoms with van der Waals surface area (Å²) in [7, 11) is -5.26. The molecule has 0 aromatic carbocycles. The fraction of sp³-hybridized carbons (Fsp3) is 0.636. The Morgan fingerprint density at radius 2 is 1.84 bits per heavy atom. The van der Waals surface area contributed by atoms with Gasteiger partial charge < -0.3 is 0 Å². The Balaban J connectivity index is 0.000000362. The molecule has 0 aromatic heterocycles. The van der Waals surface area contributed by atoms with Crippen molar-refractivity contribution in [3.05, 3.63) is 25.3 Å². The molecule has 2 unspecified atom stereocenters. The average Bonchev–Trinajstić information content (AvgIpc) is 2.28. The predicted octanol–water partition coefficient (Wildman–Crippen LogP) is 2.92. The summed E-state index contributed by atoms with van der Waals surface area (Å²) < 4.78 is 57.5. The second-order valence-electron chi connectivity index (χ2n) is 3.89. The lowest BCUT2D eigenvalue weighted by Crippen LogP contribution is -2.28. The van der Waals surface area contributed by atoms with E-state index in [2.05, 4.69) is 25.3 Å². The van der Waals surface area contributed by atoms with Gasteiger partial charge in [0.1, 0.15) is 16.8 Å². The third kappa shape index (κ3) is 7.03. The van der Waals surface area contributed by atoms with Crippen molar-refractivity contribution in [3.63, 3.8) is 0 Å². The minimum absolute atomic E-state index is 0.581. The van der Waals surface area contributed by atoms with E-state index < -0.39 is 15.6 Å². The first-order valence-corrected chi connectivity index (χ1v) is 8.63. The molecule has 1 N–H and O–H groups in total. The summed E-state index contributed by atoms with van der Waals surface area (Å²) in [5.41, 5.74) is -5.53. The second-order valence-corrected chi connectivity index (χ2v) is 7.72. The summed E-state index contributed by atoms with van der Waals surface area (Å²) in [6, 6.07) is 0. The highest BCUT2D eigenvalue weighted by Gasteiger charge is 2.44.